The SMILES string of the molecule is O=C(C[N+]12CCC(CC1)[C@@H](OC(=O)C1c3ccccc3Oc3ccccc31)C2)Nc1ncccn1.[Br-]. The second kappa shape index (κ2) is 9.99. The zero-order valence-electron chi connectivity index (χ0n) is 19.7. The molecule has 3 aromatic rings. The Morgan fingerprint density at radius 2 is 1.56 bits per heavy atom. The molecule has 3 fully saturated rings. The summed E-state index contributed by atoms with van der Waals surface area (Å²) < 4.78 is 12.9. The van der Waals surface area contributed by atoms with Crippen LogP contribution in [0.15, 0.2) is 67.0 Å². The number of rotatable bonds is 5. The van der Waals surface area contributed by atoms with Gasteiger partial charge in [0.15, 0.2) is 12.6 Å². The highest BCUT2D eigenvalue weighted by molar-refractivity contribution is 5.90. The minimum Gasteiger partial charge on any atom is -1.00 e. The second-order valence-corrected chi connectivity index (χ2v) is 9.67. The average Bonchev–Trinajstić information content (AvgIpc) is 2.88. The molecule has 186 valence electrons. The van der Waals surface area contributed by atoms with Crippen LogP contribution in [0.25, 0.3) is 0 Å². The van der Waals surface area contributed by atoms with Gasteiger partial charge in [-0.1, -0.05) is 36.4 Å². The number of benzene rings is 2. The van der Waals surface area contributed by atoms with Crippen molar-refractivity contribution >= 4 is 17.8 Å². The molecule has 1 aromatic heterocycles. The maximum absolute atomic E-state index is 13.7. The number of hydrogen-bond acceptors (Lipinski definition) is 6. The third-order valence-corrected chi connectivity index (χ3v) is 7.52. The van der Waals surface area contributed by atoms with E-state index in [1.807, 2.05) is 48.5 Å². The predicted molar refractivity (Wildman–Crippen MR) is 128 cm³/mol. The molecule has 1 N–H and O–H groups in total. The Labute approximate surface area is 220 Å². The number of hydrogen-bond donors (Lipinski definition) is 1. The molecule has 0 unspecified atom stereocenters. The molecule has 8 nitrogen and oxygen atoms in total. The molecule has 0 aliphatic carbocycles. The molecule has 2 aromatic carbocycles. The van der Waals surface area contributed by atoms with Gasteiger partial charge < -0.3 is 30.9 Å². The monoisotopic (exact) mass is 550 g/mol. The summed E-state index contributed by atoms with van der Waals surface area (Å²) in [5.41, 5.74) is 1.65. The van der Waals surface area contributed by atoms with Crippen LogP contribution in [0, 0.1) is 5.92 Å². The van der Waals surface area contributed by atoms with E-state index in [0.717, 1.165) is 37.1 Å². The van der Waals surface area contributed by atoms with Crippen LogP contribution < -0.4 is 27.0 Å². The van der Waals surface area contributed by atoms with E-state index in [0.29, 0.717) is 40.9 Å². The first-order valence-electron chi connectivity index (χ1n) is 12.1. The van der Waals surface area contributed by atoms with Crippen molar-refractivity contribution in [3.05, 3.63) is 78.1 Å². The summed E-state index contributed by atoms with van der Waals surface area (Å²) in [6.07, 6.45) is 4.86. The Morgan fingerprint density at radius 1 is 0.944 bits per heavy atom. The highest BCUT2D eigenvalue weighted by atomic mass is 79.9. The largest absolute Gasteiger partial charge is 1.00 e. The molecule has 1 atom stereocenters. The lowest BCUT2D eigenvalue weighted by Crippen LogP contribution is -3.00. The molecule has 5 heterocycles. The number of anilines is 1. The number of ether oxygens (including phenoxy) is 2. The summed E-state index contributed by atoms with van der Waals surface area (Å²) in [6, 6.07) is 17.0. The minimum absolute atomic E-state index is 0. The molecule has 7 rings (SSSR count). The maximum atomic E-state index is 13.7. The summed E-state index contributed by atoms with van der Waals surface area (Å²) in [7, 11) is 0. The number of fused-ring (bicyclic) bond motifs is 5. The van der Waals surface area contributed by atoms with Crippen molar-refractivity contribution in [3.8, 4) is 11.5 Å². The summed E-state index contributed by atoms with van der Waals surface area (Å²) in [5, 5.41) is 2.80. The number of nitrogens with one attached hydrogen (secondary N) is 1. The number of quaternary nitrogens is 1. The van der Waals surface area contributed by atoms with Crippen molar-refractivity contribution in [3.63, 3.8) is 0 Å². The molecular formula is C27H27BrN4O4. The normalized spacial score (nSPS) is 23.9. The highest BCUT2D eigenvalue weighted by Gasteiger charge is 2.49. The number of amides is 1. The van der Waals surface area contributed by atoms with E-state index in [4.69, 9.17) is 9.47 Å². The predicted octanol–water partition coefficient (Wildman–Crippen LogP) is 0.509. The molecule has 4 aliphatic heterocycles. The molecular weight excluding hydrogens is 524 g/mol. The number of esters is 1. The summed E-state index contributed by atoms with van der Waals surface area (Å²) in [6.45, 7) is 2.78. The van der Waals surface area contributed by atoms with E-state index in [1.54, 1.807) is 18.5 Å². The number of halogens is 1. The van der Waals surface area contributed by atoms with Crippen LogP contribution in [0.2, 0.25) is 0 Å². The fourth-order valence-electron chi connectivity index (χ4n) is 5.79. The zero-order chi connectivity index (χ0) is 23.8. The number of aromatic nitrogens is 2. The Hall–Kier alpha value is -3.30. The maximum Gasteiger partial charge on any atom is 0.318 e. The van der Waals surface area contributed by atoms with Crippen LogP contribution in [0.3, 0.4) is 0 Å². The lowest BCUT2D eigenvalue weighted by atomic mass is 9.82. The summed E-state index contributed by atoms with van der Waals surface area (Å²) in [5.74, 6) is 1.10. The third-order valence-electron chi connectivity index (χ3n) is 7.52. The third kappa shape index (κ3) is 4.60. The number of carbonyl (C=O) groups excluding carboxylic acids is 2. The Kier molecular flexibility index (Phi) is 6.77. The Morgan fingerprint density at radius 3 is 2.19 bits per heavy atom. The van der Waals surface area contributed by atoms with E-state index in [2.05, 4.69) is 15.3 Å². The van der Waals surface area contributed by atoms with Gasteiger partial charge in [-0.25, -0.2) is 9.97 Å². The number of carbonyl (C=O) groups is 2. The number of nitrogens with zero attached hydrogens (tertiary/aromatic N) is 3. The summed E-state index contributed by atoms with van der Waals surface area (Å²) >= 11 is 0. The van der Waals surface area contributed by atoms with Crippen molar-refractivity contribution < 1.29 is 40.5 Å². The van der Waals surface area contributed by atoms with Crippen molar-refractivity contribution in [1.29, 1.82) is 0 Å². The van der Waals surface area contributed by atoms with Gasteiger partial charge in [0.1, 0.15) is 24.0 Å². The molecule has 0 saturated carbocycles. The second-order valence-electron chi connectivity index (χ2n) is 9.67. The summed E-state index contributed by atoms with van der Waals surface area (Å²) in [4.78, 5) is 34.6. The van der Waals surface area contributed by atoms with Crippen LogP contribution >= 0.6 is 0 Å². The van der Waals surface area contributed by atoms with E-state index in [-0.39, 0.29) is 35.0 Å². The fraction of sp³-hybridized carbons (Fsp3) is 0.333. The van der Waals surface area contributed by atoms with Gasteiger partial charge in [0.05, 0.1) is 13.1 Å². The molecule has 4 aliphatic rings. The topological polar surface area (TPSA) is 90.4 Å². The van der Waals surface area contributed by atoms with E-state index >= 15 is 0 Å². The molecule has 0 radical (unpaired) electrons. The first-order valence-corrected chi connectivity index (χ1v) is 12.1. The quantitative estimate of drug-likeness (QED) is 0.367. The van der Waals surface area contributed by atoms with Crippen LogP contribution in [0.1, 0.15) is 29.9 Å². The van der Waals surface area contributed by atoms with Crippen LogP contribution in [-0.2, 0) is 14.3 Å². The van der Waals surface area contributed by atoms with E-state index < -0.39 is 5.92 Å². The fourth-order valence-corrected chi connectivity index (χ4v) is 5.79. The molecule has 3 saturated heterocycles. The van der Waals surface area contributed by atoms with Crippen LogP contribution in [-0.4, -0.2) is 58.6 Å². The van der Waals surface area contributed by atoms with Crippen molar-refractivity contribution in [2.75, 3.05) is 31.5 Å². The molecule has 1 amide bonds. The molecule has 2 bridgehead atoms. The Balaban J connectivity index is 0.00000267. The van der Waals surface area contributed by atoms with E-state index in [1.165, 1.54) is 0 Å². The molecule has 0 spiro atoms. The van der Waals surface area contributed by atoms with Crippen LogP contribution in [0.5, 0.6) is 11.5 Å². The number of para-hydroxylation sites is 2. The van der Waals surface area contributed by atoms with Crippen molar-refractivity contribution in [1.82, 2.24) is 9.97 Å². The minimum atomic E-state index is -0.529. The molecule has 9 heteroatoms. The van der Waals surface area contributed by atoms with Gasteiger partial charge in [0.2, 0.25) is 5.95 Å². The van der Waals surface area contributed by atoms with E-state index in [9.17, 15) is 9.59 Å². The number of piperidine rings is 3. The van der Waals surface area contributed by atoms with Gasteiger partial charge in [-0.3, -0.25) is 14.9 Å². The standard InChI is InChI=1S/C27H26N4O4.BrH/c32-24(30-27-28-12-5-13-29-27)17-31-14-10-18(11-15-31)23(16-31)35-26(33)25-19-6-1-3-8-21(19)34-22-9-4-2-7-20(22)25;/h1-9,12-13,18,23,25H,10-11,14-17H2;1H/t18?,23-,31?;/m0./s1. The zero-order valence-corrected chi connectivity index (χ0v) is 21.3. The highest BCUT2D eigenvalue weighted by Crippen LogP contribution is 2.45. The van der Waals surface area contributed by atoms with Gasteiger partial charge in [-0.2, -0.15) is 0 Å². The van der Waals surface area contributed by atoms with Gasteiger partial charge in [-0.05, 0) is 18.2 Å². The van der Waals surface area contributed by atoms with Gasteiger partial charge in [-0.15, -0.1) is 0 Å². The van der Waals surface area contributed by atoms with Crippen molar-refractivity contribution in [2.45, 2.75) is 24.9 Å². The smallest absolute Gasteiger partial charge is 0.318 e. The lowest BCUT2D eigenvalue weighted by molar-refractivity contribution is -0.938. The van der Waals surface area contributed by atoms with Crippen LogP contribution in [0.4, 0.5) is 5.95 Å². The first kappa shape index (κ1) is 24.4. The Bertz CT molecular complexity index is 1220. The lowest BCUT2D eigenvalue weighted by Gasteiger charge is -2.51. The average molecular weight is 551 g/mol. The first-order chi connectivity index (χ1) is 17.1. The van der Waals surface area contributed by atoms with Crippen molar-refractivity contribution in [2.24, 2.45) is 5.92 Å². The van der Waals surface area contributed by atoms with Gasteiger partial charge >= 0.3 is 5.97 Å². The van der Waals surface area contributed by atoms with Gasteiger partial charge in [0, 0.05) is 42.3 Å². The molecule has 36 heavy (non-hydrogen) atoms. The van der Waals surface area contributed by atoms with Gasteiger partial charge in [0.25, 0.3) is 5.91 Å².